The van der Waals surface area contributed by atoms with Gasteiger partial charge in [0, 0.05) is 31.1 Å². The van der Waals surface area contributed by atoms with Gasteiger partial charge in [0.05, 0.1) is 32.3 Å². The monoisotopic (exact) mass is 486 g/mol. The third kappa shape index (κ3) is 7.24. The first-order valence-corrected chi connectivity index (χ1v) is 13.2. The summed E-state index contributed by atoms with van der Waals surface area (Å²) in [6.45, 7) is 6.49. The Morgan fingerprint density at radius 3 is 2.88 bits per heavy atom. The molecule has 178 valence electrons. The van der Waals surface area contributed by atoms with Crippen LogP contribution >= 0.6 is 23.6 Å². The Bertz CT molecular complexity index is 900. The number of carbonyl (C=O) groups excluding carboxylic acids is 1. The van der Waals surface area contributed by atoms with Gasteiger partial charge in [-0.2, -0.15) is 0 Å². The molecule has 1 atom stereocenters. The van der Waals surface area contributed by atoms with E-state index in [0.717, 1.165) is 71.6 Å². The number of aryl methyl sites for hydroxylation is 1. The van der Waals surface area contributed by atoms with Gasteiger partial charge in [0.15, 0.2) is 5.11 Å². The van der Waals surface area contributed by atoms with Gasteiger partial charge in [-0.05, 0) is 60.5 Å². The predicted molar refractivity (Wildman–Crippen MR) is 137 cm³/mol. The van der Waals surface area contributed by atoms with Crippen LogP contribution in [0.5, 0.6) is 0 Å². The molecule has 0 radical (unpaired) electrons. The van der Waals surface area contributed by atoms with Crippen molar-refractivity contribution in [2.75, 3.05) is 45.9 Å². The van der Waals surface area contributed by atoms with E-state index in [1.165, 1.54) is 16.0 Å². The molecule has 1 amide bonds. The third-order valence-corrected chi connectivity index (χ3v) is 7.59. The van der Waals surface area contributed by atoms with Gasteiger partial charge in [-0.1, -0.05) is 30.3 Å². The van der Waals surface area contributed by atoms with E-state index in [1.807, 2.05) is 0 Å². The van der Waals surface area contributed by atoms with Crippen molar-refractivity contribution in [2.24, 2.45) is 0 Å². The van der Waals surface area contributed by atoms with Gasteiger partial charge >= 0.3 is 0 Å². The standard InChI is InChI=1S/C25H34N4O2S2/c30-24(27-23-10-3-7-20-6-1-2-9-22(20)23)18-26-25(32)29(19-21-8-4-17-33-21)12-5-11-28-13-15-31-16-14-28/h1-2,4,6,8-9,17,23H,3,5,7,10-16,18-19H2,(H,26,32)(H,27,30). The maximum atomic E-state index is 12.7. The van der Waals surface area contributed by atoms with Crippen molar-refractivity contribution in [3.63, 3.8) is 0 Å². The molecule has 1 aromatic carbocycles. The van der Waals surface area contributed by atoms with Crippen molar-refractivity contribution in [2.45, 2.75) is 38.3 Å². The molecule has 1 aliphatic heterocycles. The molecule has 0 spiro atoms. The quantitative estimate of drug-likeness (QED) is 0.531. The van der Waals surface area contributed by atoms with Gasteiger partial charge in [-0.3, -0.25) is 9.69 Å². The minimum absolute atomic E-state index is 0.0107. The van der Waals surface area contributed by atoms with E-state index in [9.17, 15) is 4.79 Å². The van der Waals surface area contributed by atoms with Crippen LogP contribution in [0.25, 0.3) is 0 Å². The fraction of sp³-hybridized carbons (Fsp3) is 0.520. The number of nitrogens with one attached hydrogen (secondary N) is 2. The van der Waals surface area contributed by atoms with Crippen LogP contribution in [0.15, 0.2) is 41.8 Å². The van der Waals surface area contributed by atoms with Crippen LogP contribution < -0.4 is 10.6 Å². The molecule has 1 unspecified atom stereocenters. The Balaban J connectivity index is 1.27. The van der Waals surface area contributed by atoms with E-state index in [4.69, 9.17) is 17.0 Å². The van der Waals surface area contributed by atoms with E-state index in [1.54, 1.807) is 11.3 Å². The van der Waals surface area contributed by atoms with E-state index in [-0.39, 0.29) is 18.5 Å². The lowest BCUT2D eigenvalue weighted by Gasteiger charge is -2.29. The average Bonchev–Trinajstić information content (AvgIpc) is 3.36. The van der Waals surface area contributed by atoms with E-state index in [2.05, 4.69) is 62.2 Å². The minimum atomic E-state index is -0.0107. The van der Waals surface area contributed by atoms with Crippen molar-refractivity contribution in [3.8, 4) is 0 Å². The summed E-state index contributed by atoms with van der Waals surface area (Å²) in [7, 11) is 0. The van der Waals surface area contributed by atoms with Crippen LogP contribution in [0.1, 0.15) is 41.3 Å². The predicted octanol–water partition coefficient (Wildman–Crippen LogP) is 3.34. The molecule has 6 nitrogen and oxygen atoms in total. The molecule has 2 heterocycles. The lowest BCUT2D eigenvalue weighted by atomic mass is 9.88. The molecule has 8 heteroatoms. The van der Waals surface area contributed by atoms with Crippen molar-refractivity contribution in [1.82, 2.24) is 20.4 Å². The minimum Gasteiger partial charge on any atom is -0.379 e. The summed E-state index contributed by atoms with van der Waals surface area (Å²) in [5.74, 6) is -0.0107. The van der Waals surface area contributed by atoms with Gasteiger partial charge < -0.3 is 20.3 Å². The Labute approximate surface area is 206 Å². The zero-order valence-corrected chi connectivity index (χ0v) is 20.8. The molecule has 1 aromatic heterocycles. The summed E-state index contributed by atoms with van der Waals surface area (Å²) in [5.41, 5.74) is 2.60. The molecule has 2 N–H and O–H groups in total. The number of carbonyl (C=O) groups is 1. The number of hydrogen-bond donors (Lipinski definition) is 2. The highest BCUT2D eigenvalue weighted by molar-refractivity contribution is 7.80. The van der Waals surface area contributed by atoms with Crippen molar-refractivity contribution in [1.29, 1.82) is 0 Å². The van der Waals surface area contributed by atoms with Crippen LogP contribution in [0, 0.1) is 0 Å². The third-order valence-electron chi connectivity index (χ3n) is 6.32. The van der Waals surface area contributed by atoms with Crippen molar-refractivity contribution in [3.05, 3.63) is 57.8 Å². The zero-order valence-electron chi connectivity index (χ0n) is 19.1. The smallest absolute Gasteiger partial charge is 0.239 e. The highest BCUT2D eigenvalue weighted by Gasteiger charge is 2.21. The topological polar surface area (TPSA) is 56.8 Å². The molecule has 2 aromatic rings. The van der Waals surface area contributed by atoms with Gasteiger partial charge in [-0.15, -0.1) is 11.3 Å². The number of amides is 1. The number of nitrogens with zero attached hydrogens (tertiary/aromatic N) is 2. The molecule has 1 saturated heterocycles. The van der Waals surface area contributed by atoms with Crippen molar-refractivity contribution >= 4 is 34.6 Å². The van der Waals surface area contributed by atoms with Crippen LogP contribution in [0.4, 0.5) is 0 Å². The summed E-state index contributed by atoms with van der Waals surface area (Å²) in [4.78, 5) is 18.6. The molecule has 2 aliphatic rings. The Hall–Kier alpha value is -2.00. The molecular weight excluding hydrogens is 452 g/mol. The van der Waals surface area contributed by atoms with Gasteiger partial charge in [-0.25, -0.2) is 0 Å². The Morgan fingerprint density at radius 1 is 1.21 bits per heavy atom. The van der Waals surface area contributed by atoms with Crippen LogP contribution in [0.2, 0.25) is 0 Å². The maximum absolute atomic E-state index is 12.7. The second-order valence-corrected chi connectivity index (χ2v) is 10.1. The summed E-state index contributed by atoms with van der Waals surface area (Å²) in [5, 5.41) is 9.15. The number of thiocarbonyl (C=S) groups is 1. The van der Waals surface area contributed by atoms with E-state index < -0.39 is 0 Å². The normalized spacial score (nSPS) is 18.4. The SMILES string of the molecule is O=C(CNC(=S)N(CCCN1CCOCC1)Cc1cccs1)NC1CCCc2ccccc21. The summed E-state index contributed by atoms with van der Waals surface area (Å²) >= 11 is 7.45. The second kappa shape index (κ2) is 12.5. The van der Waals surface area contributed by atoms with E-state index in [0.29, 0.717) is 5.11 Å². The molecule has 0 bridgehead atoms. The fourth-order valence-corrected chi connectivity index (χ4v) is 5.52. The summed E-state index contributed by atoms with van der Waals surface area (Å²) in [6.07, 6.45) is 4.20. The molecule has 33 heavy (non-hydrogen) atoms. The fourth-order valence-electron chi connectivity index (χ4n) is 4.57. The first-order chi connectivity index (χ1) is 16.2. The summed E-state index contributed by atoms with van der Waals surface area (Å²) < 4.78 is 5.44. The first kappa shape index (κ1) is 24.1. The molecular formula is C25H34N4O2S2. The number of fused-ring (bicyclic) bond motifs is 1. The number of rotatable bonds is 9. The molecule has 0 saturated carbocycles. The van der Waals surface area contributed by atoms with Crippen molar-refractivity contribution < 1.29 is 9.53 Å². The largest absolute Gasteiger partial charge is 0.379 e. The summed E-state index contributed by atoms with van der Waals surface area (Å²) in [6, 6.07) is 12.7. The van der Waals surface area contributed by atoms with Gasteiger partial charge in [0.25, 0.3) is 0 Å². The lowest BCUT2D eigenvalue weighted by Crippen LogP contribution is -2.45. The zero-order chi connectivity index (χ0) is 22.9. The number of hydrogen-bond acceptors (Lipinski definition) is 5. The number of morpholine rings is 1. The Morgan fingerprint density at radius 2 is 2.06 bits per heavy atom. The first-order valence-electron chi connectivity index (χ1n) is 11.9. The van der Waals surface area contributed by atoms with Gasteiger partial charge in [0.2, 0.25) is 5.91 Å². The maximum Gasteiger partial charge on any atom is 0.239 e. The molecule has 4 rings (SSSR count). The molecule has 1 aliphatic carbocycles. The molecule has 1 fully saturated rings. The highest BCUT2D eigenvalue weighted by atomic mass is 32.1. The highest BCUT2D eigenvalue weighted by Crippen LogP contribution is 2.29. The average molecular weight is 487 g/mol. The Kier molecular flexibility index (Phi) is 9.11. The van der Waals surface area contributed by atoms with Crippen LogP contribution in [-0.2, 0) is 22.5 Å². The number of ether oxygens (including phenoxy) is 1. The van der Waals surface area contributed by atoms with Crippen LogP contribution in [-0.4, -0.2) is 66.8 Å². The van der Waals surface area contributed by atoms with Crippen LogP contribution in [0.3, 0.4) is 0 Å². The second-order valence-electron chi connectivity index (χ2n) is 8.68. The van der Waals surface area contributed by atoms with E-state index >= 15 is 0 Å². The number of benzene rings is 1. The number of thiophene rings is 1. The van der Waals surface area contributed by atoms with Gasteiger partial charge in [0.1, 0.15) is 0 Å². The lowest BCUT2D eigenvalue weighted by molar-refractivity contribution is -0.120.